The van der Waals surface area contributed by atoms with Crippen LogP contribution in [-0.4, -0.2) is 24.4 Å². The van der Waals surface area contributed by atoms with E-state index in [1.54, 1.807) is 0 Å². The summed E-state index contributed by atoms with van der Waals surface area (Å²) in [6.45, 7) is 0. The molecule has 2 saturated heterocycles. The normalized spacial score (nSPS) is 76.5. The molecule has 86 valence electrons. The summed E-state index contributed by atoms with van der Waals surface area (Å²) in [4.78, 5) is 0. The summed E-state index contributed by atoms with van der Waals surface area (Å²) in [6.07, 6.45) is 8.84. The Hall–Kier alpha value is -0.0800. The molecule has 6 aliphatic rings. The van der Waals surface area contributed by atoms with Gasteiger partial charge in [-0.1, -0.05) is 0 Å². The highest BCUT2D eigenvalue weighted by Gasteiger charge is 2.69. The van der Waals surface area contributed by atoms with E-state index in [-0.39, 0.29) is 0 Å². The van der Waals surface area contributed by atoms with Crippen LogP contribution in [0, 0.1) is 35.5 Å². The van der Waals surface area contributed by atoms with E-state index < -0.39 is 0 Å². The first kappa shape index (κ1) is 8.10. The molecule has 4 saturated carbocycles. The molecule has 0 aromatic rings. The van der Waals surface area contributed by atoms with E-state index in [1.807, 2.05) is 0 Å². The quantitative estimate of drug-likeness (QED) is 0.627. The molecule has 4 aliphatic carbocycles. The van der Waals surface area contributed by atoms with E-state index in [9.17, 15) is 0 Å². The molecule has 0 amide bonds. The fourth-order valence-electron chi connectivity index (χ4n) is 6.29. The summed E-state index contributed by atoms with van der Waals surface area (Å²) in [7, 11) is 0. The van der Waals surface area contributed by atoms with E-state index in [0.29, 0.717) is 24.4 Å². The summed E-state index contributed by atoms with van der Waals surface area (Å²) >= 11 is 0. The molecule has 0 N–H and O–H groups in total. The van der Waals surface area contributed by atoms with Crippen LogP contribution in [0.25, 0.3) is 0 Å². The molecule has 6 unspecified atom stereocenters. The van der Waals surface area contributed by atoms with Gasteiger partial charge in [0.15, 0.2) is 0 Å². The van der Waals surface area contributed by atoms with Gasteiger partial charge in [-0.15, -0.1) is 0 Å². The summed E-state index contributed by atoms with van der Waals surface area (Å²) in [5, 5.41) is 0. The number of ether oxygens (including phenoxy) is 2. The van der Waals surface area contributed by atoms with Crippen molar-refractivity contribution in [1.82, 2.24) is 0 Å². The van der Waals surface area contributed by atoms with Gasteiger partial charge in [-0.25, -0.2) is 0 Å². The van der Waals surface area contributed by atoms with Gasteiger partial charge in [0.1, 0.15) is 0 Å². The number of rotatable bonds is 1. The van der Waals surface area contributed by atoms with Gasteiger partial charge in [-0.05, 0) is 61.2 Å². The fourth-order valence-corrected chi connectivity index (χ4v) is 6.29. The zero-order valence-corrected chi connectivity index (χ0v) is 9.42. The maximum atomic E-state index is 5.82. The molecule has 0 aromatic carbocycles. The van der Waals surface area contributed by atoms with E-state index in [2.05, 4.69) is 0 Å². The highest BCUT2D eigenvalue weighted by Crippen LogP contribution is 2.67. The molecule has 2 heteroatoms. The van der Waals surface area contributed by atoms with E-state index in [4.69, 9.17) is 9.47 Å². The molecular formula is C14H18O2. The van der Waals surface area contributed by atoms with E-state index in [0.717, 1.165) is 35.5 Å². The van der Waals surface area contributed by atoms with Gasteiger partial charge >= 0.3 is 0 Å². The first-order valence-corrected chi connectivity index (χ1v) is 7.21. The predicted octanol–water partition coefficient (Wildman–Crippen LogP) is 1.83. The molecular weight excluding hydrogens is 200 g/mol. The van der Waals surface area contributed by atoms with Crippen molar-refractivity contribution < 1.29 is 9.47 Å². The Kier molecular flexibility index (Phi) is 1.13. The first-order chi connectivity index (χ1) is 7.90. The molecule has 6 rings (SSSR count). The lowest BCUT2D eigenvalue weighted by Gasteiger charge is -2.31. The van der Waals surface area contributed by atoms with Crippen molar-refractivity contribution in [3.8, 4) is 0 Å². The first-order valence-electron chi connectivity index (χ1n) is 7.21. The Morgan fingerprint density at radius 3 is 1.31 bits per heavy atom. The van der Waals surface area contributed by atoms with Gasteiger partial charge < -0.3 is 9.47 Å². The predicted molar refractivity (Wildman–Crippen MR) is 56.7 cm³/mol. The Morgan fingerprint density at radius 2 is 0.938 bits per heavy atom. The van der Waals surface area contributed by atoms with Crippen molar-refractivity contribution in [2.24, 2.45) is 35.5 Å². The molecule has 2 nitrogen and oxygen atoms in total. The van der Waals surface area contributed by atoms with E-state index in [1.165, 1.54) is 25.7 Å². The fraction of sp³-hybridized carbons (Fsp3) is 1.00. The highest BCUT2D eigenvalue weighted by atomic mass is 16.6. The third-order valence-corrected chi connectivity index (χ3v) is 6.85. The van der Waals surface area contributed by atoms with Crippen molar-refractivity contribution in [2.75, 3.05) is 0 Å². The second-order valence-corrected chi connectivity index (χ2v) is 7.25. The van der Waals surface area contributed by atoms with Gasteiger partial charge in [0.25, 0.3) is 0 Å². The van der Waals surface area contributed by atoms with Crippen molar-refractivity contribution in [2.45, 2.75) is 50.1 Å². The van der Waals surface area contributed by atoms with Crippen LogP contribution in [0.5, 0.6) is 0 Å². The smallest absolute Gasteiger partial charge is 0.0875 e. The molecule has 4 bridgehead atoms. The molecule has 10 atom stereocenters. The molecule has 16 heavy (non-hydrogen) atoms. The van der Waals surface area contributed by atoms with Crippen molar-refractivity contribution in [3.05, 3.63) is 0 Å². The summed E-state index contributed by atoms with van der Waals surface area (Å²) in [6, 6.07) is 0. The number of epoxide rings is 2. The third-order valence-electron chi connectivity index (χ3n) is 6.85. The van der Waals surface area contributed by atoms with Crippen molar-refractivity contribution >= 4 is 0 Å². The SMILES string of the molecule is C1C(C2CC3CC2[C@H]2O[C@@H]32)C2CC1[C@H]1O[C@@H]21. The lowest BCUT2D eigenvalue weighted by atomic mass is 9.72. The number of hydrogen-bond acceptors (Lipinski definition) is 2. The van der Waals surface area contributed by atoms with Crippen LogP contribution in [0.3, 0.4) is 0 Å². The zero-order valence-electron chi connectivity index (χ0n) is 9.42. The van der Waals surface area contributed by atoms with Crippen LogP contribution in [0.4, 0.5) is 0 Å². The Bertz CT molecular complexity index is 345. The van der Waals surface area contributed by atoms with Crippen molar-refractivity contribution in [3.63, 3.8) is 0 Å². The Morgan fingerprint density at radius 1 is 0.500 bits per heavy atom. The lowest BCUT2D eigenvalue weighted by Crippen LogP contribution is -2.31. The minimum Gasteiger partial charge on any atom is -0.369 e. The maximum absolute atomic E-state index is 5.82. The van der Waals surface area contributed by atoms with E-state index >= 15 is 0 Å². The van der Waals surface area contributed by atoms with Gasteiger partial charge in [0.2, 0.25) is 0 Å². The molecule has 0 aromatic heterocycles. The number of hydrogen-bond donors (Lipinski definition) is 0. The van der Waals surface area contributed by atoms with Crippen LogP contribution >= 0.6 is 0 Å². The van der Waals surface area contributed by atoms with Crippen LogP contribution in [0.2, 0.25) is 0 Å². The molecule has 6 fully saturated rings. The van der Waals surface area contributed by atoms with Crippen LogP contribution in [0.15, 0.2) is 0 Å². The van der Waals surface area contributed by atoms with Gasteiger partial charge in [0.05, 0.1) is 24.4 Å². The second kappa shape index (κ2) is 2.24. The van der Waals surface area contributed by atoms with Gasteiger partial charge in [-0.2, -0.15) is 0 Å². The average molecular weight is 218 g/mol. The summed E-state index contributed by atoms with van der Waals surface area (Å²) in [5.41, 5.74) is 0. The zero-order chi connectivity index (χ0) is 10.0. The topological polar surface area (TPSA) is 25.1 Å². The Labute approximate surface area is 95.7 Å². The largest absolute Gasteiger partial charge is 0.369 e. The standard InChI is InChI=1S/C14H18O2/c1-5-3-9(13-11(5)15-13)7(1)8-2-6-4-10(8)14-12(6)16-14/h5-14H,1-4H2/t5?,6?,7?,8?,9?,10?,11-,12+,13+,14-. The third kappa shape index (κ3) is 0.743. The van der Waals surface area contributed by atoms with Crippen LogP contribution in [-0.2, 0) is 9.47 Å². The molecule has 0 spiro atoms. The number of fused-ring (bicyclic) bond motifs is 10. The minimum atomic E-state index is 0.707. The summed E-state index contributed by atoms with van der Waals surface area (Å²) < 4.78 is 11.6. The maximum Gasteiger partial charge on any atom is 0.0875 e. The highest BCUT2D eigenvalue weighted by molar-refractivity contribution is 5.17. The second-order valence-electron chi connectivity index (χ2n) is 7.25. The monoisotopic (exact) mass is 218 g/mol. The van der Waals surface area contributed by atoms with Crippen LogP contribution < -0.4 is 0 Å². The lowest BCUT2D eigenvalue weighted by molar-refractivity contribution is 0.158. The molecule has 0 radical (unpaired) electrons. The van der Waals surface area contributed by atoms with Crippen molar-refractivity contribution in [1.29, 1.82) is 0 Å². The van der Waals surface area contributed by atoms with Gasteiger partial charge in [-0.3, -0.25) is 0 Å². The summed E-state index contributed by atoms with van der Waals surface area (Å²) in [5.74, 6) is 5.86. The van der Waals surface area contributed by atoms with Crippen LogP contribution in [0.1, 0.15) is 25.7 Å². The minimum absolute atomic E-state index is 0.707. The molecule has 2 aliphatic heterocycles. The Balaban J connectivity index is 1.34. The molecule has 2 heterocycles. The van der Waals surface area contributed by atoms with Gasteiger partial charge in [0, 0.05) is 0 Å². The average Bonchev–Trinajstić information content (AvgIpc) is 3.14.